The van der Waals surface area contributed by atoms with Gasteiger partial charge in [-0.1, -0.05) is 30.3 Å². The van der Waals surface area contributed by atoms with Crippen molar-refractivity contribution in [2.45, 2.75) is 33.2 Å². The molecule has 0 aliphatic heterocycles. The molecule has 0 aliphatic carbocycles. The van der Waals surface area contributed by atoms with E-state index < -0.39 is 0 Å². The fourth-order valence-electron chi connectivity index (χ4n) is 4.07. The number of nitrogens with zero attached hydrogens (tertiary/aromatic N) is 4. The zero-order chi connectivity index (χ0) is 22.8. The van der Waals surface area contributed by atoms with Crippen molar-refractivity contribution in [2.75, 3.05) is 0 Å². The Morgan fingerprint density at radius 3 is 2.47 bits per heavy atom. The average Bonchev–Trinajstić information content (AvgIpc) is 3.07. The van der Waals surface area contributed by atoms with E-state index in [2.05, 4.69) is 10.2 Å². The lowest BCUT2D eigenvalue weighted by Crippen LogP contribution is -2.29. The summed E-state index contributed by atoms with van der Waals surface area (Å²) in [4.78, 5) is 13.6. The van der Waals surface area contributed by atoms with Gasteiger partial charge in [0, 0.05) is 23.7 Å². The van der Waals surface area contributed by atoms with Gasteiger partial charge in [0.25, 0.3) is 5.56 Å². The number of hydrogen-bond donors (Lipinski definition) is 1. The van der Waals surface area contributed by atoms with E-state index in [1.165, 1.54) is 16.8 Å². The fourth-order valence-corrected chi connectivity index (χ4v) is 4.07. The number of aromatic nitrogens is 4. The predicted octanol–water partition coefficient (Wildman–Crippen LogP) is 3.94. The van der Waals surface area contributed by atoms with Crippen LogP contribution in [0.2, 0.25) is 0 Å². The molecule has 0 aliphatic rings. The summed E-state index contributed by atoms with van der Waals surface area (Å²) in [5.74, 6) is -0.220. The number of para-hydroxylation sites is 1. The van der Waals surface area contributed by atoms with Crippen LogP contribution in [-0.4, -0.2) is 24.7 Å². The summed E-state index contributed by atoms with van der Waals surface area (Å²) in [5.41, 5.74) is 4.67. The zero-order valence-corrected chi connectivity index (χ0v) is 18.3. The van der Waals surface area contributed by atoms with Gasteiger partial charge < -0.3 is 5.11 Å². The highest BCUT2D eigenvalue weighted by Gasteiger charge is 2.20. The first-order chi connectivity index (χ1) is 15.3. The van der Waals surface area contributed by atoms with E-state index in [4.69, 9.17) is 0 Å². The molecule has 0 saturated carbocycles. The number of hydrogen-bond acceptors (Lipinski definition) is 4. The molecule has 0 bridgehead atoms. The van der Waals surface area contributed by atoms with Crippen LogP contribution in [0.25, 0.3) is 11.1 Å². The molecular weight excluding hydrogens is 407 g/mol. The lowest BCUT2D eigenvalue weighted by molar-refractivity contribution is 0.477. The standard InChI is InChI=1S/C25H25FN4O2/c1-16-13-20(29(3)27-16)15-30-25(32)22(12-11-18-7-6-8-19(26)14-18)24(17(2)28-30)21-9-4-5-10-23(21)31/h4-10,13-14,31H,11-12,15H2,1-3H3. The van der Waals surface area contributed by atoms with Crippen LogP contribution in [0.3, 0.4) is 0 Å². The van der Waals surface area contributed by atoms with E-state index >= 15 is 0 Å². The van der Waals surface area contributed by atoms with Crippen LogP contribution in [0, 0.1) is 19.7 Å². The Kier molecular flexibility index (Phi) is 5.90. The van der Waals surface area contributed by atoms with Crippen molar-refractivity contribution >= 4 is 0 Å². The monoisotopic (exact) mass is 432 g/mol. The van der Waals surface area contributed by atoms with E-state index in [1.54, 1.807) is 28.9 Å². The second-order valence-electron chi connectivity index (χ2n) is 7.95. The van der Waals surface area contributed by atoms with Gasteiger partial charge in [-0.2, -0.15) is 10.2 Å². The largest absolute Gasteiger partial charge is 0.507 e. The maximum atomic E-state index is 13.7. The lowest BCUT2D eigenvalue weighted by atomic mass is 9.94. The number of phenols is 1. The molecule has 0 radical (unpaired) electrons. The minimum absolute atomic E-state index is 0.0869. The first-order valence-corrected chi connectivity index (χ1v) is 10.5. The van der Waals surface area contributed by atoms with E-state index in [-0.39, 0.29) is 23.7 Å². The number of phenolic OH excluding ortho intramolecular Hbond substituents is 1. The molecule has 2 aromatic heterocycles. The highest BCUT2D eigenvalue weighted by Crippen LogP contribution is 2.32. The molecule has 0 atom stereocenters. The van der Waals surface area contributed by atoms with Gasteiger partial charge in [-0.25, -0.2) is 9.07 Å². The second kappa shape index (κ2) is 8.78. The molecule has 0 amide bonds. The molecule has 6 nitrogen and oxygen atoms in total. The topological polar surface area (TPSA) is 72.9 Å². The van der Waals surface area contributed by atoms with Gasteiger partial charge in [0.2, 0.25) is 0 Å². The van der Waals surface area contributed by atoms with E-state index in [9.17, 15) is 14.3 Å². The van der Waals surface area contributed by atoms with Gasteiger partial charge in [0.15, 0.2) is 0 Å². The average molecular weight is 432 g/mol. The minimum Gasteiger partial charge on any atom is -0.507 e. The first kappa shape index (κ1) is 21.5. The summed E-state index contributed by atoms with van der Waals surface area (Å²) >= 11 is 0. The van der Waals surface area contributed by atoms with Crippen molar-refractivity contribution in [3.63, 3.8) is 0 Å². The highest BCUT2D eigenvalue weighted by molar-refractivity contribution is 5.74. The van der Waals surface area contributed by atoms with Crippen LogP contribution in [0.4, 0.5) is 4.39 Å². The molecule has 0 unspecified atom stereocenters. The summed E-state index contributed by atoms with van der Waals surface area (Å²) < 4.78 is 16.8. The summed E-state index contributed by atoms with van der Waals surface area (Å²) in [6.45, 7) is 4.01. The normalized spacial score (nSPS) is 11.1. The highest BCUT2D eigenvalue weighted by atomic mass is 19.1. The van der Waals surface area contributed by atoms with Gasteiger partial charge in [0.05, 0.1) is 23.6 Å². The van der Waals surface area contributed by atoms with Crippen LogP contribution in [0.5, 0.6) is 5.75 Å². The Balaban J connectivity index is 1.82. The Morgan fingerprint density at radius 1 is 1.00 bits per heavy atom. The third-order valence-electron chi connectivity index (χ3n) is 5.56. The smallest absolute Gasteiger partial charge is 0.270 e. The van der Waals surface area contributed by atoms with Crippen molar-refractivity contribution < 1.29 is 9.50 Å². The molecule has 4 aromatic rings. The number of rotatable bonds is 6. The Hall–Kier alpha value is -3.74. The van der Waals surface area contributed by atoms with Crippen molar-refractivity contribution in [3.05, 3.63) is 99.0 Å². The molecule has 2 aromatic carbocycles. The Bertz CT molecular complexity index is 1340. The van der Waals surface area contributed by atoms with E-state index in [1.807, 2.05) is 39.1 Å². The summed E-state index contributed by atoms with van der Waals surface area (Å²) in [6.07, 6.45) is 0.877. The first-order valence-electron chi connectivity index (χ1n) is 10.5. The van der Waals surface area contributed by atoms with Crippen LogP contribution in [-0.2, 0) is 26.4 Å². The summed E-state index contributed by atoms with van der Waals surface area (Å²) in [6, 6.07) is 15.2. The quantitative estimate of drug-likeness (QED) is 0.501. The molecule has 1 N–H and O–H groups in total. The zero-order valence-electron chi connectivity index (χ0n) is 18.3. The molecule has 0 fully saturated rings. The van der Waals surface area contributed by atoms with Crippen molar-refractivity contribution in [1.82, 2.24) is 19.6 Å². The van der Waals surface area contributed by atoms with Crippen molar-refractivity contribution in [1.29, 1.82) is 0 Å². The maximum Gasteiger partial charge on any atom is 0.270 e. The number of aryl methyl sites for hydroxylation is 4. The lowest BCUT2D eigenvalue weighted by Gasteiger charge is -2.16. The van der Waals surface area contributed by atoms with Crippen molar-refractivity contribution in [2.24, 2.45) is 7.05 Å². The molecular formula is C25H25FN4O2. The Morgan fingerprint density at radius 2 is 1.78 bits per heavy atom. The summed E-state index contributed by atoms with van der Waals surface area (Å²) in [7, 11) is 1.83. The summed E-state index contributed by atoms with van der Waals surface area (Å²) in [5, 5.41) is 19.4. The SMILES string of the molecule is Cc1cc(Cn2nc(C)c(-c3ccccc3O)c(CCc3cccc(F)c3)c2=O)n(C)n1. The molecule has 7 heteroatoms. The van der Waals surface area contributed by atoms with Crippen LogP contribution in [0.1, 0.15) is 28.2 Å². The molecule has 164 valence electrons. The van der Waals surface area contributed by atoms with E-state index in [0.29, 0.717) is 35.2 Å². The van der Waals surface area contributed by atoms with E-state index in [0.717, 1.165) is 17.0 Å². The molecule has 0 spiro atoms. The number of aromatic hydroxyl groups is 1. The maximum absolute atomic E-state index is 13.7. The molecule has 0 saturated heterocycles. The van der Waals surface area contributed by atoms with Crippen LogP contribution < -0.4 is 5.56 Å². The number of benzene rings is 2. The second-order valence-corrected chi connectivity index (χ2v) is 7.95. The van der Waals surface area contributed by atoms with Crippen LogP contribution in [0.15, 0.2) is 59.4 Å². The third kappa shape index (κ3) is 4.32. The minimum atomic E-state index is -0.307. The third-order valence-corrected chi connectivity index (χ3v) is 5.56. The molecule has 32 heavy (non-hydrogen) atoms. The predicted molar refractivity (Wildman–Crippen MR) is 121 cm³/mol. The number of halogens is 1. The molecule has 4 rings (SSSR count). The Labute approximate surface area is 185 Å². The van der Waals surface area contributed by atoms with Crippen molar-refractivity contribution in [3.8, 4) is 16.9 Å². The van der Waals surface area contributed by atoms with Crippen LogP contribution >= 0.6 is 0 Å². The van der Waals surface area contributed by atoms with Gasteiger partial charge in [-0.05, 0) is 56.5 Å². The van der Waals surface area contributed by atoms with Gasteiger partial charge in [-0.15, -0.1) is 0 Å². The van der Waals surface area contributed by atoms with Gasteiger partial charge >= 0.3 is 0 Å². The fraction of sp³-hybridized carbons (Fsp3) is 0.240. The van der Waals surface area contributed by atoms with Gasteiger partial charge in [0.1, 0.15) is 11.6 Å². The molecule has 2 heterocycles. The van der Waals surface area contributed by atoms with Gasteiger partial charge in [-0.3, -0.25) is 9.48 Å².